The fourth-order valence-electron chi connectivity index (χ4n) is 4.43. The number of fused-ring (bicyclic) bond motifs is 2. The van der Waals surface area contributed by atoms with Gasteiger partial charge in [0.1, 0.15) is 6.04 Å². The van der Waals surface area contributed by atoms with E-state index in [9.17, 15) is 4.79 Å². The molecule has 2 N–H and O–H groups in total. The summed E-state index contributed by atoms with van der Waals surface area (Å²) >= 11 is 0. The second kappa shape index (κ2) is 4.60. The molecule has 1 heterocycles. The normalized spacial score (nSPS) is 45.1. The molecule has 0 spiro atoms. The van der Waals surface area contributed by atoms with Crippen molar-refractivity contribution in [1.82, 2.24) is 5.32 Å². The van der Waals surface area contributed by atoms with Crippen LogP contribution in [0.15, 0.2) is 0 Å². The molecule has 2 bridgehead atoms. The summed E-state index contributed by atoms with van der Waals surface area (Å²) in [5, 5.41) is 12.4. The van der Waals surface area contributed by atoms with E-state index in [2.05, 4.69) is 5.32 Å². The van der Waals surface area contributed by atoms with Crippen LogP contribution in [0.1, 0.15) is 51.4 Å². The fourth-order valence-corrected chi connectivity index (χ4v) is 4.43. The number of rotatable bonds is 3. The lowest BCUT2D eigenvalue weighted by Gasteiger charge is -2.32. The standard InChI is InChI=1S/C14H23NO2/c16-14(17)13-3-1-2-12(15-13)8-11-7-9-4-5-10(11)6-9/h9-13,15H,1-8H2,(H,16,17). The average molecular weight is 237 g/mol. The van der Waals surface area contributed by atoms with E-state index in [4.69, 9.17) is 5.11 Å². The molecular weight excluding hydrogens is 214 g/mol. The van der Waals surface area contributed by atoms with Crippen LogP contribution in [-0.4, -0.2) is 23.2 Å². The minimum absolute atomic E-state index is 0.285. The SMILES string of the molecule is O=C(O)C1CCCC(CC2CC3CCC2C3)N1. The van der Waals surface area contributed by atoms with Crippen LogP contribution >= 0.6 is 0 Å². The Bertz CT molecular complexity index is 305. The van der Waals surface area contributed by atoms with Crippen LogP contribution in [0.2, 0.25) is 0 Å². The molecule has 0 amide bonds. The first-order valence-electron chi connectivity index (χ1n) is 7.21. The van der Waals surface area contributed by atoms with Gasteiger partial charge in [-0.2, -0.15) is 0 Å². The summed E-state index contributed by atoms with van der Waals surface area (Å²) in [4.78, 5) is 11.0. The molecule has 17 heavy (non-hydrogen) atoms. The Morgan fingerprint density at radius 3 is 2.71 bits per heavy atom. The Hall–Kier alpha value is -0.570. The summed E-state index contributed by atoms with van der Waals surface area (Å²) in [6.07, 6.45) is 10.1. The molecule has 5 unspecified atom stereocenters. The lowest BCUT2D eigenvalue weighted by Crippen LogP contribution is -2.47. The summed E-state index contributed by atoms with van der Waals surface area (Å²) < 4.78 is 0. The van der Waals surface area contributed by atoms with Gasteiger partial charge in [0, 0.05) is 6.04 Å². The summed E-state index contributed by atoms with van der Waals surface area (Å²) in [7, 11) is 0. The Morgan fingerprint density at radius 2 is 2.06 bits per heavy atom. The van der Waals surface area contributed by atoms with Gasteiger partial charge in [0.25, 0.3) is 0 Å². The second-order valence-corrected chi connectivity index (χ2v) is 6.36. The number of hydrogen-bond acceptors (Lipinski definition) is 2. The highest BCUT2D eigenvalue weighted by atomic mass is 16.4. The molecule has 0 radical (unpaired) electrons. The van der Waals surface area contributed by atoms with Crippen LogP contribution in [0.5, 0.6) is 0 Å². The van der Waals surface area contributed by atoms with Gasteiger partial charge in [-0.05, 0) is 62.7 Å². The van der Waals surface area contributed by atoms with Crippen LogP contribution in [0, 0.1) is 17.8 Å². The van der Waals surface area contributed by atoms with Crippen molar-refractivity contribution in [2.75, 3.05) is 0 Å². The molecule has 3 heteroatoms. The average Bonchev–Trinajstić information content (AvgIpc) is 2.91. The van der Waals surface area contributed by atoms with E-state index in [1.54, 1.807) is 0 Å². The van der Waals surface area contributed by atoms with Crippen LogP contribution in [0.3, 0.4) is 0 Å². The van der Waals surface area contributed by atoms with E-state index in [0.717, 1.165) is 30.6 Å². The maximum absolute atomic E-state index is 11.0. The summed E-state index contributed by atoms with van der Waals surface area (Å²) in [6.45, 7) is 0. The number of aliphatic carboxylic acids is 1. The summed E-state index contributed by atoms with van der Waals surface area (Å²) in [5.41, 5.74) is 0. The molecule has 1 saturated heterocycles. The second-order valence-electron chi connectivity index (χ2n) is 6.36. The van der Waals surface area contributed by atoms with Crippen LogP contribution in [0.25, 0.3) is 0 Å². The van der Waals surface area contributed by atoms with Gasteiger partial charge in [-0.1, -0.05) is 6.42 Å². The highest BCUT2D eigenvalue weighted by molar-refractivity contribution is 5.73. The number of carbonyl (C=O) groups is 1. The Kier molecular flexibility index (Phi) is 3.12. The molecule has 5 atom stereocenters. The maximum atomic E-state index is 11.0. The first-order chi connectivity index (χ1) is 8.22. The van der Waals surface area contributed by atoms with Gasteiger partial charge in [-0.3, -0.25) is 4.79 Å². The van der Waals surface area contributed by atoms with Crippen molar-refractivity contribution in [3.63, 3.8) is 0 Å². The number of carboxylic acids is 1. The van der Waals surface area contributed by atoms with E-state index < -0.39 is 5.97 Å². The maximum Gasteiger partial charge on any atom is 0.320 e. The molecule has 0 aromatic carbocycles. The van der Waals surface area contributed by atoms with Gasteiger partial charge in [-0.25, -0.2) is 0 Å². The minimum atomic E-state index is -0.664. The smallest absolute Gasteiger partial charge is 0.320 e. The van der Waals surface area contributed by atoms with Crippen molar-refractivity contribution in [2.24, 2.45) is 17.8 Å². The molecular formula is C14H23NO2. The molecule has 2 saturated carbocycles. The zero-order valence-corrected chi connectivity index (χ0v) is 10.4. The van der Waals surface area contributed by atoms with Crippen LogP contribution in [-0.2, 0) is 4.79 Å². The molecule has 0 aromatic rings. The summed E-state index contributed by atoms with van der Waals surface area (Å²) in [6, 6.07) is 0.182. The quantitative estimate of drug-likeness (QED) is 0.792. The van der Waals surface area contributed by atoms with Gasteiger partial charge in [0.2, 0.25) is 0 Å². The number of nitrogens with one attached hydrogen (secondary N) is 1. The molecule has 3 fully saturated rings. The van der Waals surface area contributed by atoms with Gasteiger partial charge in [-0.15, -0.1) is 0 Å². The van der Waals surface area contributed by atoms with Crippen LogP contribution in [0.4, 0.5) is 0 Å². The lowest BCUT2D eigenvalue weighted by molar-refractivity contribution is -0.140. The zero-order valence-electron chi connectivity index (χ0n) is 10.4. The topological polar surface area (TPSA) is 49.3 Å². The molecule has 3 nitrogen and oxygen atoms in total. The number of hydrogen-bond donors (Lipinski definition) is 2. The third-order valence-electron chi connectivity index (χ3n) is 5.25. The molecule has 96 valence electrons. The Labute approximate surface area is 103 Å². The molecule has 2 aliphatic carbocycles. The monoisotopic (exact) mass is 237 g/mol. The van der Waals surface area contributed by atoms with Crippen molar-refractivity contribution in [1.29, 1.82) is 0 Å². The molecule has 1 aliphatic heterocycles. The van der Waals surface area contributed by atoms with E-state index in [-0.39, 0.29) is 6.04 Å². The van der Waals surface area contributed by atoms with E-state index >= 15 is 0 Å². The predicted molar refractivity (Wildman–Crippen MR) is 65.8 cm³/mol. The Morgan fingerprint density at radius 1 is 1.18 bits per heavy atom. The Balaban J connectivity index is 1.53. The van der Waals surface area contributed by atoms with Crippen LogP contribution < -0.4 is 5.32 Å². The fraction of sp³-hybridized carbons (Fsp3) is 0.929. The van der Waals surface area contributed by atoms with Crippen molar-refractivity contribution < 1.29 is 9.90 Å². The predicted octanol–water partition coefficient (Wildman–Crippen LogP) is 2.41. The highest BCUT2D eigenvalue weighted by Gasteiger charge is 2.40. The lowest BCUT2D eigenvalue weighted by atomic mass is 9.82. The zero-order chi connectivity index (χ0) is 11.8. The largest absolute Gasteiger partial charge is 0.480 e. The van der Waals surface area contributed by atoms with Crippen molar-refractivity contribution in [3.8, 4) is 0 Å². The van der Waals surface area contributed by atoms with Crippen molar-refractivity contribution >= 4 is 5.97 Å². The van der Waals surface area contributed by atoms with Gasteiger partial charge < -0.3 is 10.4 Å². The van der Waals surface area contributed by atoms with Gasteiger partial charge in [0.05, 0.1) is 0 Å². The van der Waals surface area contributed by atoms with E-state index in [1.165, 1.54) is 38.5 Å². The van der Waals surface area contributed by atoms with E-state index in [1.807, 2.05) is 0 Å². The van der Waals surface area contributed by atoms with Gasteiger partial charge >= 0.3 is 5.97 Å². The van der Waals surface area contributed by atoms with E-state index in [0.29, 0.717) is 6.04 Å². The molecule has 3 rings (SSSR count). The van der Waals surface area contributed by atoms with Gasteiger partial charge in [0.15, 0.2) is 0 Å². The first-order valence-corrected chi connectivity index (χ1v) is 7.21. The van der Waals surface area contributed by atoms with Crippen molar-refractivity contribution in [2.45, 2.75) is 63.5 Å². The highest BCUT2D eigenvalue weighted by Crippen LogP contribution is 2.50. The summed E-state index contributed by atoms with van der Waals surface area (Å²) in [5.74, 6) is 2.19. The minimum Gasteiger partial charge on any atom is -0.480 e. The molecule has 3 aliphatic rings. The third-order valence-corrected chi connectivity index (χ3v) is 5.25. The third kappa shape index (κ3) is 2.35. The van der Waals surface area contributed by atoms with Crippen molar-refractivity contribution in [3.05, 3.63) is 0 Å². The number of carboxylic acid groups (broad SMARTS) is 1. The molecule has 0 aromatic heterocycles. The first kappa shape index (κ1) is 11.5. The number of piperidine rings is 1.